The summed E-state index contributed by atoms with van der Waals surface area (Å²) in [5, 5.41) is -0.570. The maximum atomic E-state index is 13.2. The van der Waals surface area contributed by atoms with Crippen molar-refractivity contribution in [3.8, 4) is 0 Å². The summed E-state index contributed by atoms with van der Waals surface area (Å²) in [7, 11) is -3.32. The fraction of sp³-hybridized carbons (Fsp3) is 0.300. The third-order valence-electron chi connectivity index (χ3n) is 5.11. The van der Waals surface area contributed by atoms with Gasteiger partial charge >= 0.3 is 0 Å². The number of pyridine rings is 1. The van der Waals surface area contributed by atoms with Crippen LogP contribution in [0.25, 0.3) is 5.65 Å². The smallest absolute Gasteiger partial charge is 0.272 e. The highest BCUT2D eigenvalue weighted by atomic mass is 32.2. The highest BCUT2D eigenvalue weighted by Crippen LogP contribution is 2.30. The fourth-order valence-corrected chi connectivity index (χ4v) is 5.51. The van der Waals surface area contributed by atoms with Crippen molar-refractivity contribution in [2.75, 3.05) is 18.8 Å². The Hall–Kier alpha value is -2.67. The maximum Gasteiger partial charge on any atom is 0.272 e. The summed E-state index contributed by atoms with van der Waals surface area (Å²) in [4.78, 5) is 19.3. The Kier molecular flexibility index (Phi) is 4.47. The van der Waals surface area contributed by atoms with Crippen molar-refractivity contribution in [2.24, 2.45) is 0 Å². The van der Waals surface area contributed by atoms with E-state index in [1.165, 1.54) is 0 Å². The topological polar surface area (TPSA) is 71.8 Å². The van der Waals surface area contributed by atoms with Crippen molar-refractivity contribution >= 4 is 21.4 Å². The zero-order valence-corrected chi connectivity index (χ0v) is 15.9. The number of fused-ring (bicyclic) bond motifs is 1. The Morgan fingerprint density at radius 1 is 1.07 bits per heavy atom. The SMILES string of the molecule is Cc1nc2ccccn2c1C(=O)N1CCC(c2ccccc2)S(=O)(=O)CC1. The Bertz CT molecular complexity index is 1090. The van der Waals surface area contributed by atoms with Gasteiger partial charge in [0.25, 0.3) is 5.91 Å². The van der Waals surface area contributed by atoms with Gasteiger partial charge in [-0.25, -0.2) is 13.4 Å². The number of amides is 1. The minimum atomic E-state index is -3.32. The van der Waals surface area contributed by atoms with Crippen LogP contribution in [-0.4, -0.2) is 47.5 Å². The van der Waals surface area contributed by atoms with Crippen LogP contribution in [0.15, 0.2) is 54.7 Å². The molecule has 0 spiro atoms. The molecule has 1 atom stereocenters. The summed E-state index contributed by atoms with van der Waals surface area (Å²) in [6.07, 6.45) is 2.21. The number of aromatic nitrogens is 2. The molecule has 0 radical (unpaired) electrons. The van der Waals surface area contributed by atoms with Crippen molar-refractivity contribution < 1.29 is 13.2 Å². The highest BCUT2D eigenvalue weighted by Gasteiger charge is 2.33. The predicted octanol–water partition coefficient (Wildman–Crippen LogP) is 2.64. The lowest BCUT2D eigenvalue weighted by Gasteiger charge is -2.20. The summed E-state index contributed by atoms with van der Waals surface area (Å²) >= 11 is 0. The highest BCUT2D eigenvalue weighted by molar-refractivity contribution is 7.91. The van der Waals surface area contributed by atoms with Gasteiger partial charge in [0.05, 0.1) is 16.7 Å². The standard InChI is InChI=1S/C20H21N3O3S/c1-15-19(23-11-6-5-9-18(23)21-15)20(24)22-12-10-17(27(25,26)14-13-22)16-7-3-2-4-8-16/h2-9,11,17H,10,12-14H2,1H3. The minimum absolute atomic E-state index is 0.0336. The lowest BCUT2D eigenvalue weighted by molar-refractivity contribution is 0.0759. The number of aryl methyl sites for hydroxylation is 1. The molecule has 1 aromatic carbocycles. The molecule has 27 heavy (non-hydrogen) atoms. The van der Waals surface area contributed by atoms with Crippen LogP contribution in [0.5, 0.6) is 0 Å². The van der Waals surface area contributed by atoms with E-state index < -0.39 is 15.1 Å². The van der Waals surface area contributed by atoms with Crippen LogP contribution in [0.2, 0.25) is 0 Å². The predicted molar refractivity (Wildman–Crippen MR) is 103 cm³/mol. The molecule has 1 aliphatic rings. The van der Waals surface area contributed by atoms with E-state index in [2.05, 4.69) is 4.98 Å². The van der Waals surface area contributed by atoms with Gasteiger partial charge < -0.3 is 4.90 Å². The van der Waals surface area contributed by atoms with Gasteiger partial charge in [-0.1, -0.05) is 36.4 Å². The molecule has 1 fully saturated rings. The molecular weight excluding hydrogens is 362 g/mol. The number of hydrogen-bond donors (Lipinski definition) is 0. The van der Waals surface area contributed by atoms with E-state index >= 15 is 0 Å². The van der Waals surface area contributed by atoms with Gasteiger partial charge in [0.2, 0.25) is 0 Å². The molecule has 3 aromatic rings. The van der Waals surface area contributed by atoms with E-state index in [-0.39, 0.29) is 18.2 Å². The Morgan fingerprint density at radius 2 is 1.81 bits per heavy atom. The number of imidazole rings is 1. The minimum Gasteiger partial charge on any atom is -0.336 e. The Labute approximate surface area is 158 Å². The first-order chi connectivity index (χ1) is 13.0. The van der Waals surface area contributed by atoms with Crippen LogP contribution in [0.3, 0.4) is 0 Å². The Morgan fingerprint density at radius 3 is 2.59 bits per heavy atom. The maximum absolute atomic E-state index is 13.2. The zero-order valence-electron chi connectivity index (χ0n) is 15.1. The van der Waals surface area contributed by atoms with Crippen LogP contribution in [0, 0.1) is 6.92 Å². The molecule has 0 aliphatic carbocycles. The lowest BCUT2D eigenvalue weighted by atomic mass is 10.1. The third kappa shape index (κ3) is 3.23. The first-order valence-electron chi connectivity index (χ1n) is 8.97. The number of sulfone groups is 1. The average Bonchev–Trinajstić information content (AvgIpc) is 2.90. The van der Waals surface area contributed by atoms with E-state index in [0.717, 1.165) is 5.56 Å². The molecule has 1 amide bonds. The lowest BCUT2D eigenvalue weighted by Crippen LogP contribution is -2.34. The molecule has 1 aliphatic heterocycles. The number of rotatable bonds is 2. The van der Waals surface area contributed by atoms with E-state index in [4.69, 9.17) is 0 Å². The van der Waals surface area contributed by atoms with Gasteiger partial charge in [-0.2, -0.15) is 0 Å². The molecular formula is C20H21N3O3S. The van der Waals surface area contributed by atoms with Crippen LogP contribution in [0.1, 0.15) is 33.4 Å². The molecule has 0 bridgehead atoms. The van der Waals surface area contributed by atoms with E-state index in [9.17, 15) is 13.2 Å². The molecule has 4 rings (SSSR count). The molecule has 1 unspecified atom stereocenters. The van der Waals surface area contributed by atoms with Crippen LogP contribution in [-0.2, 0) is 9.84 Å². The first kappa shape index (κ1) is 17.7. The molecule has 3 heterocycles. The van der Waals surface area contributed by atoms with Crippen LogP contribution < -0.4 is 0 Å². The summed E-state index contributed by atoms with van der Waals surface area (Å²) in [5.41, 5.74) is 2.65. The molecule has 6 nitrogen and oxygen atoms in total. The fourth-order valence-electron chi connectivity index (χ4n) is 3.71. The molecule has 7 heteroatoms. The second kappa shape index (κ2) is 6.81. The number of carbonyl (C=O) groups excluding carboxylic acids is 1. The van der Waals surface area contributed by atoms with E-state index in [1.807, 2.05) is 61.7 Å². The molecule has 0 saturated carbocycles. The number of carbonyl (C=O) groups is 1. The van der Waals surface area contributed by atoms with E-state index in [1.54, 1.807) is 9.30 Å². The second-order valence-corrected chi connectivity index (χ2v) is 9.12. The monoisotopic (exact) mass is 383 g/mol. The normalized spacial score (nSPS) is 19.7. The van der Waals surface area contributed by atoms with Crippen LogP contribution >= 0.6 is 0 Å². The van der Waals surface area contributed by atoms with Crippen molar-refractivity contribution in [1.82, 2.24) is 14.3 Å². The largest absolute Gasteiger partial charge is 0.336 e. The van der Waals surface area contributed by atoms with Gasteiger partial charge in [-0.05, 0) is 31.0 Å². The van der Waals surface area contributed by atoms with Gasteiger partial charge in [-0.3, -0.25) is 9.20 Å². The number of nitrogens with zero attached hydrogens (tertiary/aromatic N) is 3. The van der Waals surface area contributed by atoms with Crippen molar-refractivity contribution in [2.45, 2.75) is 18.6 Å². The second-order valence-electron chi connectivity index (χ2n) is 6.82. The molecule has 140 valence electrons. The summed E-state index contributed by atoms with van der Waals surface area (Å²) in [6.45, 7) is 2.41. The third-order valence-corrected chi connectivity index (χ3v) is 7.23. The van der Waals surface area contributed by atoms with Gasteiger partial charge in [-0.15, -0.1) is 0 Å². The first-order valence-corrected chi connectivity index (χ1v) is 10.7. The average molecular weight is 383 g/mol. The van der Waals surface area contributed by atoms with Crippen LogP contribution in [0.4, 0.5) is 0 Å². The number of hydrogen-bond acceptors (Lipinski definition) is 4. The van der Waals surface area contributed by atoms with Crippen molar-refractivity contribution in [3.05, 3.63) is 71.7 Å². The summed E-state index contributed by atoms with van der Waals surface area (Å²) in [6, 6.07) is 14.8. The molecule has 0 N–H and O–H groups in total. The summed E-state index contributed by atoms with van der Waals surface area (Å²) in [5.74, 6) is -0.205. The van der Waals surface area contributed by atoms with Gasteiger partial charge in [0.1, 0.15) is 11.3 Å². The summed E-state index contributed by atoms with van der Waals surface area (Å²) < 4.78 is 27.3. The Balaban J connectivity index is 1.64. The molecule has 2 aromatic heterocycles. The quantitative estimate of drug-likeness (QED) is 0.682. The van der Waals surface area contributed by atoms with Crippen molar-refractivity contribution in [3.63, 3.8) is 0 Å². The van der Waals surface area contributed by atoms with Crippen molar-refractivity contribution in [1.29, 1.82) is 0 Å². The number of benzene rings is 1. The van der Waals surface area contributed by atoms with Gasteiger partial charge in [0.15, 0.2) is 9.84 Å². The van der Waals surface area contributed by atoms with Gasteiger partial charge in [0, 0.05) is 19.3 Å². The van der Waals surface area contributed by atoms with E-state index in [0.29, 0.717) is 30.0 Å². The zero-order chi connectivity index (χ0) is 19.0. The molecule has 1 saturated heterocycles.